The van der Waals surface area contributed by atoms with Crippen LogP contribution >= 0.6 is 0 Å². The Kier molecular flexibility index (Phi) is 7.00. The van der Waals surface area contributed by atoms with E-state index in [-0.39, 0.29) is 23.8 Å². The maximum absolute atomic E-state index is 13.4. The van der Waals surface area contributed by atoms with Crippen molar-refractivity contribution in [3.63, 3.8) is 0 Å². The SMILES string of the molecule is COc1ccc2cc(C(=O)N3CCN(C(=O)[C@@H](NC(=O)O)C4CCCCC4)C[C@H]3C)n(C)c2c1. The van der Waals surface area contributed by atoms with Crippen molar-refractivity contribution in [2.45, 2.75) is 51.1 Å². The van der Waals surface area contributed by atoms with E-state index in [2.05, 4.69) is 5.32 Å². The molecule has 1 aliphatic heterocycles. The second kappa shape index (κ2) is 9.95. The van der Waals surface area contributed by atoms with Gasteiger partial charge in [-0.3, -0.25) is 9.59 Å². The number of carbonyl (C=O) groups excluding carboxylic acids is 2. The molecule has 2 heterocycles. The molecule has 184 valence electrons. The van der Waals surface area contributed by atoms with E-state index < -0.39 is 12.1 Å². The number of benzene rings is 1. The van der Waals surface area contributed by atoms with Crippen LogP contribution in [0, 0.1) is 5.92 Å². The first kappa shape index (κ1) is 23.9. The highest BCUT2D eigenvalue weighted by atomic mass is 16.5. The van der Waals surface area contributed by atoms with E-state index in [4.69, 9.17) is 4.74 Å². The molecule has 9 heteroatoms. The molecule has 1 aromatic carbocycles. The van der Waals surface area contributed by atoms with Gasteiger partial charge in [-0.25, -0.2) is 4.79 Å². The van der Waals surface area contributed by atoms with Crippen LogP contribution in [0.5, 0.6) is 5.75 Å². The Morgan fingerprint density at radius 1 is 1.12 bits per heavy atom. The van der Waals surface area contributed by atoms with Gasteiger partial charge >= 0.3 is 6.09 Å². The van der Waals surface area contributed by atoms with Crippen molar-refractivity contribution in [3.05, 3.63) is 30.0 Å². The predicted molar refractivity (Wildman–Crippen MR) is 128 cm³/mol. The zero-order valence-electron chi connectivity index (χ0n) is 20.1. The molecule has 2 N–H and O–H groups in total. The van der Waals surface area contributed by atoms with Gasteiger partial charge in [0.05, 0.1) is 12.6 Å². The van der Waals surface area contributed by atoms with Gasteiger partial charge in [0.25, 0.3) is 5.91 Å². The lowest BCUT2D eigenvalue weighted by molar-refractivity contribution is -0.137. The van der Waals surface area contributed by atoms with Crippen molar-refractivity contribution < 1.29 is 24.2 Å². The zero-order chi connectivity index (χ0) is 24.4. The molecule has 4 rings (SSSR count). The summed E-state index contributed by atoms with van der Waals surface area (Å²) in [6.07, 6.45) is 3.71. The summed E-state index contributed by atoms with van der Waals surface area (Å²) in [6.45, 7) is 3.11. The van der Waals surface area contributed by atoms with Gasteiger partial charge in [-0.1, -0.05) is 19.3 Å². The number of nitrogens with one attached hydrogen (secondary N) is 1. The van der Waals surface area contributed by atoms with Crippen LogP contribution in [-0.4, -0.2) is 76.2 Å². The molecule has 0 spiro atoms. The average Bonchev–Trinajstić information content (AvgIpc) is 3.17. The minimum absolute atomic E-state index is 0.0279. The van der Waals surface area contributed by atoms with Crippen molar-refractivity contribution >= 4 is 28.8 Å². The molecule has 1 aliphatic carbocycles. The van der Waals surface area contributed by atoms with Crippen LogP contribution in [0.3, 0.4) is 0 Å². The monoisotopic (exact) mass is 470 g/mol. The highest BCUT2D eigenvalue weighted by Crippen LogP contribution is 2.29. The first-order chi connectivity index (χ1) is 16.3. The molecule has 0 unspecified atom stereocenters. The summed E-state index contributed by atoms with van der Waals surface area (Å²) >= 11 is 0. The molecule has 2 fully saturated rings. The van der Waals surface area contributed by atoms with Gasteiger partial charge in [-0.2, -0.15) is 0 Å². The Morgan fingerprint density at radius 3 is 2.50 bits per heavy atom. The van der Waals surface area contributed by atoms with Crippen molar-refractivity contribution in [2.75, 3.05) is 26.7 Å². The molecule has 9 nitrogen and oxygen atoms in total. The van der Waals surface area contributed by atoms with Gasteiger partial charge in [0.15, 0.2) is 0 Å². The second-order valence-corrected chi connectivity index (χ2v) is 9.47. The number of hydrogen-bond acceptors (Lipinski definition) is 4. The molecule has 2 atom stereocenters. The third kappa shape index (κ3) is 4.69. The van der Waals surface area contributed by atoms with Gasteiger partial charge in [0.2, 0.25) is 5.91 Å². The molecule has 0 bridgehead atoms. The summed E-state index contributed by atoms with van der Waals surface area (Å²) in [4.78, 5) is 41.7. The third-order valence-corrected chi connectivity index (χ3v) is 7.34. The van der Waals surface area contributed by atoms with Crippen molar-refractivity contribution in [1.82, 2.24) is 19.7 Å². The van der Waals surface area contributed by atoms with Crippen molar-refractivity contribution in [1.29, 1.82) is 0 Å². The molecule has 2 aliphatic rings. The summed E-state index contributed by atoms with van der Waals surface area (Å²) in [7, 11) is 3.48. The van der Waals surface area contributed by atoms with Gasteiger partial charge < -0.3 is 29.5 Å². The van der Waals surface area contributed by atoms with Crippen LogP contribution in [0.4, 0.5) is 4.79 Å². The maximum Gasteiger partial charge on any atom is 0.405 e. The van der Waals surface area contributed by atoms with E-state index in [1.165, 1.54) is 0 Å². The van der Waals surface area contributed by atoms with E-state index in [1.54, 1.807) is 16.9 Å². The number of ether oxygens (including phenoxy) is 1. The molecule has 34 heavy (non-hydrogen) atoms. The number of hydrogen-bond donors (Lipinski definition) is 2. The fourth-order valence-corrected chi connectivity index (χ4v) is 5.43. The molecule has 3 amide bonds. The van der Waals surface area contributed by atoms with E-state index in [1.807, 2.05) is 42.8 Å². The summed E-state index contributed by atoms with van der Waals surface area (Å²) in [5.41, 5.74) is 1.50. The first-order valence-electron chi connectivity index (χ1n) is 12.0. The number of carboxylic acid groups (broad SMARTS) is 1. The number of amides is 3. The predicted octanol–water partition coefficient (Wildman–Crippen LogP) is 3.08. The molecular formula is C25H34N4O5. The first-order valence-corrected chi connectivity index (χ1v) is 12.0. The minimum atomic E-state index is -1.17. The fraction of sp³-hybridized carbons (Fsp3) is 0.560. The third-order valence-electron chi connectivity index (χ3n) is 7.34. The number of methoxy groups -OCH3 is 1. The number of aromatic nitrogens is 1. The summed E-state index contributed by atoms with van der Waals surface area (Å²) < 4.78 is 7.19. The highest BCUT2D eigenvalue weighted by molar-refractivity contribution is 5.99. The molecule has 0 radical (unpaired) electrons. The van der Waals surface area contributed by atoms with Crippen molar-refractivity contribution in [3.8, 4) is 5.75 Å². The summed E-state index contributed by atoms with van der Waals surface area (Å²) in [5, 5.41) is 12.8. The lowest BCUT2D eigenvalue weighted by Crippen LogP contribution is -2.60. The maximum atomic E-state index is 13.4. The van der Waals surface area contributed by atoms with Gasteiger partial charge in [0, 0.05) is 44.2 Å². The number of aryl methyl sites for hydroxylation is 1. The largest absolute Gasteiger partial charge is 0.497 e. The molecule has 1 saturated heterocycles. The topological polar surface area (TPSA) is 104 Å². The molecule has 2 aromatic rings. The van der Waals surface area contributed by atoms with E-state index in [0.29, 0.717) is 25.3 Å². The Balaban J connectivity index is 1.47. The number of rotatable bonds is 5. The van der Waals surface area contributed by atoms with E-state index in [0.717, 1.165) is 48.8 Å². The van der Waals surface area contributed by atoms with Gasteiger partial charge in [-0.15, -0.1) is 0 Å². The van der Waals surface area contributed by atoms with Gasteiger partial charge in [-0.05, 0) is 43.9 Å². The Hall–Kier alpha value is -3.23. The molecule has 1 aromatic heterocycles. The Labute approximate surface area is 199 Å². The van der Waals surface area contributed by atoms with Crippen LogP contribution in [-0.2, 0) is 11.8 Å². The van der Waals surface area contributed by atoms with E-state index in [9.17, 15) is 19.5 Å². The van der Waals surface area contributed by atoms with Crippen LogP contribution in [0.15, 0.2) is 24.3 Å². The van der Waals surface area contributed by atoms with Crippen LogP contribution in [0.25, 0.3) is 10.9 Å². The van der Waals surface area contributed by atoms with Gasteiger partial charge in [0.1, 0.15) is 17.5 Å². The smallest absolute Gasteiger partial charge is 0.405 e. The van der Waals surface area contributed by atoms with E-state index >= 15 is 0 Å². The second-order valence-electron chi connectivity index (χ2n) is 9.47. The standard InChI is InChI=1S/C25H34N4O5/c1-16-15-28(24(31)22(26-25(32)33)17-7-5-4-6-8-17)11-12-29(16)23(30)21-13-18-9-10-19(34-3)14-20(18)27(21)2/h9-10,13-14,16-17,22,26H,4-8,11-12,15H2,1-3H3,(H,32,33)/t16-,22+/m1/s1. The highest BCUT2D eigenvalue weighted by Gasteiger charge is 2.38. The number of piperazine rings is 1. The number of fused-ring (bicyclic) bond motifs is 1. The number of carbonyl (C=O) groups is 3. The fourth-order valence-electron chi connectivity index (χ4n) is 5.43. The quantitative estimate of drug-likeness (QED) is 0.699. The lowest BCUT2D eigenvalue weighted by atomic mass is 9.83. The number of nitrogens with zero attached hydrogens (tertiary/aromatic N) is 3. The zero-order valence-corrected chi connectivity index (χ0v) is 20.1. The van der Waals surface area contributed by atoms with Crippen LogP contribution in [0.2, 0.25) is 0 Å². The Bertz CT molecular complexity index is 1070. The molecule has 1 saturated carbocycles. The summed E-state index contributed by atoms with van der Waals surface area (Å²) in [6, 6.07) is 6.70. The normalized spacial score (nSPS) is 20.3. The van der Waals surface area contributed by atoms with Crippen LogP contribution in [0.1, 0.15) is 49.5 Å². The van der Waals surface area contributed by atoms with Crippen LogP contribution < -0.4 is 10.1 Å². The molecular weight excluding hydrogens is 436 g/mol. The average molecular weight is 471 g/mol. The Morgan fingerprint density at radius 2 is 1.85 bits per heavy atom. The van der Waals surface area contributed by atoms with Crippen molar-refractivity contribution in [2.24, 2.45) is 13.0 Å². The minimum Gasteiger partial charge on any atom is -0.497 e. The summed E-state index contributed by atoms with van der Waals surface area (Å²) in [5.74, 6) is 0.505. The lowest BCUT2D eigenvalue weighted by Gasteiger charge is -2.42.